The number of nitrogens with zero attached hydrogens (tertiary/aromatic N) is 2. The number of anilines is 3. The fourth-order valence-electron chi connectivity index (χ4n) is 8.31. The van der Waals surface area contributed by atoms with E-state index in [1.807, 2.05) is 115 Å². The minimum absolute atomic E-state index is 0.175. The van der Waals surface area contributed by atoms with Crippen LogP contribution in [0.3, 0.4) is 0 Å². The first-order valence-corrected chi connectivity index (χ1v) is 26.3. The van der Waals surface area contributed by atoms with Crippen molar-refractivity contribution in [3.05, 3.63) is 169 Å². The third-order valence-corrected chi connectivity index (χ3v) is 14.2. The maximum Gasteiger partial charge on any atom is 0.415 e. The van der Waals surface area contributed by atoms with Crippen LogP contribution in [0.25, 0.3) is 0 Å². The van der Waals surface area contributed by atoms with Crippen molar-refractivity contribution in [3.63, 3.8) is 0 Å². The first kappa shape index (κ1) is 54.8. The second-order valence-corrected chi connectivity index (χ2v) is 22.3. The summed E-state index contributed by atoms with van der Waals surface area (Å²) >= 11 is 6.77. The third-order valence-electron chi connectivity index (χ3n) is 11.8. The number of ether oxygens (including phenoxy) is 3. The van der Waals surface area contributed by atoms with Gasteiger partial charge in [0.25, 0.3) is 0 Å². The van der Waals surface area contributed by atoms with Crippen LogP contribution in [0.2, 0.25) is 0 Å². The molecule has 16 heteroatoms. The van der Waals surface area contributed by atoms with Crippen LogP contribution in [0.5, 0.6) is 0 Å². The highest BCUT2D eigenvalue weighted by molar-refractivity contribution is 9.08. The van der Waals surface area contributed by atoms with E-state index >= 15 is 0 Å². The van der Waals surface area contributed by atoms with E-state index in [4.69, 9.17) is 19.3 Å². The van der Waals surface area contributed by atoms with Gasteiger partial charge in [-0.05, 0) is 130 Å². The van der Waals surface area contributed by atoms with Crippen molar-refractivity contribution >= 4 is 85.8 Å². The molecule has 72 heavy (non-hydrogen) atoms. The van der Waals surface area contributed by atoms with E-state index < -0.39 is 58.9 Å². The maximum atomic E-state index is 13.0. The number of aryl methyl sites for hydroxylation is 2. The highest BCUT2D eigenvalue weighted by Gasteiger charge is 2.54. The molecule has 0 aliphatic carbocycles. The highest BCUT2D eigenvalue weighted by atomic mass is 79.9. The van der Waals surface area contributed by atoms with Crippen molar-refractivity contribution in [2.45, 2.75) is 122 Å². The van der Waals surface area contributed by atoms with Crippen LogP contribution in [-0.2, 0) is 66.2 Å². The van der Waals surface area contributed by atoms with Gasteiger partial charge in [-0.3, -0.25) is 9.80 Å². The molecular weight excluding hydrogens is 1020 g/mol. The fraction of sp³-hybridized carbons (Fsp3) is 0.339. The summed E-state index contributed by atoms with van der Waals surface area (Å²) in [5.74, 6) is -2.24. The lowest BCUT2D eigenvalue weighted by atomic mass is 9.87. The molecule has 0 fully saturated rings. The van der Waals surface area contributed by atoms with Crippen molar-refractivity contribution in [2.24, 2.45) is 0 Å². The second-order valence-electron chi connectivity index (χ2n) is 19.5. The Bertz CT molecular complexity index is 2830. The number of hydrogen-bond acceptors (Lipinski definition) is 11. The molecule has 3 unspecified atom stereocenters. The van der Waals surface area contributed by atoms with Gasteiger partial charge >= 0.3 is 30.1 Å². The smallest absolute Gasteiger partial charge is 0.415 e. The molecule has 0 spiro atoms. The van der Waals surface area contributed by atoms with Crippen LogP contribution >= 0.6 is 38.6 Å². The van der Waals surface area contributed by atoms with Gasteiger partial charge in [-0.1, -0.05) is 101 Å². The van der Waals surface area contributed by atoms with E-state index in [9.17, 15) is 29.1 Å². The van der Waals surface area contributed by atoms with Crippen LogP contribution < -0.4 is 15.1 Å². The highest BCUT2D eigenvalue weighted by Crippen LogP contribution is 2.43. The number of carbonyl (C=O) groups excluding carboxylic acids is 3. The van der Waals surface area contributed by atoms with E-state index in [1.54, 1.807) is 70.3 Å². The molecule has 2 aromatic heterocycles. The lowest BCUT2D eigenvalue weighted by Crippen LogP contribution is -2.58. The quantitative estimate of drug-likeness (QED) is 0.0752. The van der Waals surface area contributed by atoms with E-state index in [1.165, 1.54) is 20.2 Å². The zero-order chi connectivity index (χ0) is 52.4. The Morgan fingerprint density at radius 3 is 1.76 bits per heavy atom. The number of para-hydroxylation sites is 3. The number of hydrogen-bond donors (Lipinski definition) is 3. The first-order valence-electron chi connectivity index (χ1n) is 23.4. The largest absolute Gasteiger partial charge is 0.480 e. The van der Waals surface area contributed by atoms with Gasteiger partial charge in [0.15, 0.2) is 5.54 Å². The molecule has 6 aromatic rings. The summed E-state index contributed by atoms with van der Waals surface area (Å²) in [6.07, 6.45) is 0.342. The number of benzene rings is 4. The van der Waals surface area contributed by atoms with Crippen LogP contribution in [0.1, 0.15) is 84.7 Å². The van der Waals surface area contributed by atoms with E-state index in [-0.39, 0.29) is 19.4 Å². The number of carboxylic acids is 2. The number of alkyl halides is 1. The monoisotopic (exact) mass is 1080 g/mol. The second kappa shape index (κ2) is 23.8. The number of aliphatic carboxylic acids is 2. The summed E-state index contributed by atoms with van der Waals surface area (Å²) in [5, 5.41) is 26.9. The zero-order valence-electron chi connectivity index (χ0n) is 41.8. The van der Waals surface area contributed by atoms with Gasteiger partial charge in [0.05, 0.1) is 11.4 Å². The summed E-state index contributed by atoms with van der Waals surface area (Å²) < 4.78 is 16.5. The minimum atomic E-state index is -1.39. The van der Waals surface area contributed by atoms with Gasteiger partial charge in [-0.2, -0.15) is 0 Å². The molecule has 3 N–H and O–H groups in total. The van der Waals surface area contributed by atoms with Crippen molar-refractivity contribution in [1.29, 1.82) is 0 Å². The predicted octanol–water partition coefficient (Wildman–Crippen LogP) is 12.6. The summed E-state index contributed by atoms with van der Waals surface area (Å²) in [6.45, 7) is 15.0. The zero-order valence-corrected chi connectivity index (χ0v) is 45.0. The lowest BCUT2D eigenvalue weighted by Gasteiger charge is -2.36. The molecule has 380 valence electrons. The average molecular weight is 1080 g/mol. The molecule has 3 atom stereocenters. The molecule has 3 aliphatic heterocycles. The Labute approximate surface area is 437 Å². The minimum Gasteiger partial charge on any atom is -0.480 e. The molecule has 5 heterocycles. The molecule has 3 aliphatic rings. The molecule has 0 saturated carbocycles. The molecule has 13 nitrogen and oxygen atoms in total. The van der Waals surface area contributed by atoms with Crippen molar-refractivity contribution in [1.82, 2.24) is 0 Å². The van der Waals surface area contributed by atoms with Gasteiger partial charge in [-0.25, -0.2) is 24.0 Å². The average Bonchev–Trinajstić information content (AvgIpc) is 4.18. The van der Waals surface area contributed by atoms with E-state index in [0.29, 0.717) is 24.2 Å². The summed E-state index contributed by atoms with van der Waals surface area (Å²) in [6, 6.07) is 34.9. The van der Waals surface area contributed by atoms with E-state index in [0.717, 1.165) is 43.7 Å². The topological polar surface area (TPSA) is 172 Å². The number of thiophene rings is 2. The molecule has 0 saturated heterocycles. The van der Waals surface area contributed by atoms with Crippen molar-refractivity contribution in [2.75, 3.05) is 15.1 Å². The number of fused-ring (bicyclic) bond motifs is 3. The molecule has 9 rings (SSSR count). The fourth-order valence-corrected chi connectivity index (χ4v) is 10.6. The Balaban J connectivity index is 0.000000171. The van der Waals surface area contributed by atoms with E-state index in [2.05, 4.69) is 39.6 Å². The van der Waals surface area contributed by atoms with Crippen molar-refractivity contribution in [3.8, 4) is 0 Å². The van der Waals surface area contributed by atoms with Crippen LogP contribution in [0.4, 0.5) is 26.7 Å². The lowest BCUT2D eigenvalue weighted by molar-refractivity contribution is -0.146. The Morgan fingerprint density at radius 1 is 0.681 bits per heavy atom. The van der Waals surface area contributed by atoms with Crippen LogP contribution in [-0.4, -0.2) is 69.1 Å². The van der Waals surface area contributed by atoms with Gasteiger partial charge < -0.3 is 29.7 Å². The molecule has 0 bridgehead atoms. The predicted molar refractivity (Wildman–Crippen MR) is 288 cm³/mol. The normalized spacial score (nSPS) is 17.2. The van der Waals surface area contributed by atoms with Gasteiger partial charge in [0.1, 0.15) is 29.9 Å². The number of esters is 1. The Kier molecular flexibility index (Phi) is 18.1. The number of nitrogens with one attached hydrogen (secondary N) is 1. The number of halogens is 1. The summed E-state index contributed by atoms with van der Waals surface area (Å²) in [7, 11) is 0. The summed E-state index contributed by atoms with van der Waals surface area (Å²) in [4.78, 5) is 66.7. The molecule has 0 radical (unpaired) electrons. The summed E-state index contributed by atoms with van der Waals surface area (Å²) in [5.41, 5.74) is 5.63. The van der Waals surface area contributed by atoms with Crippen LogP contribution in [0, 0.1) is 13.8 Å². The third kappa shape index (κ3) is 13.9. The van der Waals surface area contributed by atoms with Crippen LogP contribution in [0.15, 0.2) is 126 Å². The van der Waals surface area contributed by atoms with Gasteiger partial charge in [-0.15, -0.1) is 22.7 Å². The number of carbonyl (C=O) groups is 5. The first-order chi connectivity index (χ1) is 34.1. The number of carboxylic acid groups (broad SMARTS) is 2. The Hall–Kier alpha value is -6.49. The number of amides is 2. The van der Waals surface area contributed by atoms with Gasteiger partial charge in [0, 0.05) is 46.5 Å². The standard InChI is InChI=1S/C21H23NO4.C20H23NO4S.C9H9NO2.C6H7BrS/c1-21(2,3)26-20(24)22-17-12-8-7-11-16(17)13-18(22)19(23)25-14-15-9-5-4-6-10-15;1-13-14(9-10-26-13)11-20(17(22)23)12-15-7-5-6-8-16(15)21(20)18(24)25-19(2,3)4;11-9(12)8-5-6-3-1-2-4-7(6)10-8;1-5-6(4-7)2-3-8-5/h4-12,18H,13-14H2,1-3H3;5-10H,11-12H2,1-4H3,(H,22,23);1-4,8,10H,5H2,(H,11,12);2-3H,4H2,1H3. The maximum absolute atomic E-state index is 13.0. The van der Waals surface area contributed by atoms with Crippen molar-refractivity contribution < 1.29 is 48.4 Å². The number of rotatable bonds is 8. The molecule has 2 amide bonds. The molecular formula is C56H62BrN3O10S2. The SMILES string of the molecule is CC(C)(C)OC(=O)N1c2ccccc2CC1C(=O)OCc1ccccc1.Cc1sccc1CBr.Cc1sccc1CC1(C(=O)O)Cc2ccccc2N1C(=O)OC(C)(C)C.O=C(O)C1Cc2ccccc2N1. The Morgan fingerprint density at radius 2 is 1.22 bits per heavy atom. The van der Waals surface area contributed by atoms with Gasteiger partial charge in [0.2, 0.25) is 0 Å². The molecule has 4 aromatic carbocycles.